The second-order valence-corrected chi connectivity index (χ2v) is 4.55. The van der Waals surface area contributed by atoms with E-state index in [1.807, 2.05) is 11.9 Å². The Balaban J connectivity index is 3.55. The van der Waals surface area contributed by atoms with E-state index < -0.39 is 12.1 Å². The number of aliphatic hydroxyl groups is 1. The minimum absolute atomic E-state index is 0.172. The molecule has 90 valence electrons. The number of hydrogen-bond acceptors (Lipinski definition) is 3. The Morgan fingerprint density at radius 2 is 2.00 bits per heavy atom. The number of aliphatic hydroxyl groups excluding tert-OH is 1. The molecule has 0 radical (unpaired) electrons. The van der Waals surface area contributed by atoms with Gasteiger partial charge in [-0.05, 0) is 32.4 Å². The van der Waals surface area contributed by atoms with E-state index >= 15 is 0 Å². The Labute approximate surface area is 91.9 Å². The van der Waals surface area contributed by atoms with E-state index in [-0.39, 0.29) is 6.42 Å². The third-order valence-electron chi connectivity index (χ3n) is 2.25. The highest BCUT2D eigenvalue weighted by Crippen LogP contribution is 2.04. The molecule has 0 aromatic rings. The minimum Gasteiger partial charge on any atom is -0.481 e. The first kappa shape index (κ1) is 14.4. The lowest BCUT2D eigenvalue weighted by molar-refractivity contribution is -0.139. The first-order valence-electron chi connectivity index (χ1n) is 5.50. The first-order chi connectivity index (χ1) is 6.91. The van der Waals surface area contributed by atoms with Crippen LogP contribution in [0.5, 0.6) is 0 Å². The van der Waals surface area contributed by atoms with Crippen molar-refractivity contribution in [1.29, 1.82) is 0 Å². The molecule has 0 spiro atoms. The molecule has 0 heterocycles. The maximum Gasteiger partial charge on any atom is 0.306 e. The lowest BCUT2D eigenvalue weighted by atomic mass is 10.1. The molecule has 0 aliphatic rings. The standard InChI is InChI=1S/C11H23NO3/c1-9(2)5-4-6-12(3)8-10(13)7-11(14)15/h9-10,13H,4-8H2,1-3H3,(H,14,15). The Morgan fingerprint density at radius 3 is 2.47 bits per heavy atom. The number of carboxylic acids is 1. The van der Waals surface area contributed by atoms with Crippen molar-refractivity contribution in [3.63, 3.8) is 0 Å². The predicted octanol–water partition coefficient (Wildman–Crippen LogP) is 1.19. The predicted molar refractivity (Wildman–Crippen MR) is 59.8 cm³/mol. The van der Waals surface area contributed by atoms with Gasteiger partial charge in [-0.1, -0.05) is 13.8 Å². The summed E-state index contributed by atoms with van der Waals surface area (Å²) in [5, 5.41) is 17.8. The van der Waals surface area contributed by atoms with Crippen LogP contribution in [0.15, 0.2) is 0 Å². The van der Waals surface area contributed by atoms with Crippen LogP contribution in [0, 0.1) is 5.92 Å². The summed E-state index contributed by atoms with van der Waals surface area (Å²) in [4.78, 5) is 12.3. The molecule has 15 heavy (non-hydrogen) atoms. The molecule has 0 bridgehead atoms. The van der Waals surface area contributed by atoms with Gasteiger partial charge in [-0.15, -0.1) is 0 Å². The van der Waals surface area contributed by atoms with Crippen LogP contribution in [-0.4, -0.2) is 47.3 Å². The maximum atomic E-state index is 10.3. The molecule has 0 saturated carbocycles. The van der Waals surface area contributed by atoms with E-state index in [1.54, 1.807) is 0 Å². The molecule has 0 aliphatic carbocycles. The largest absolute Gasteiger partial charge is 0.481 e. The highest BCUT2D eigenvalue weighted by atomic mass is 16.4. The zero-order chi connectivity index (χ0) is 11.8. The van der Waals surface area contributed by atoms with Gasteiger partial charge in [0.15, 0.2) is 0 Å². The van der Waals surface area contributed by atoms with Crippen LogP contribution in [0.1, 0.15) is 33.1 Å². The molecule has 0 fully saturated rings. The van der Waals surface area contributed by atoms with Crippen molar-refractivity contribution in [2.24, 2.45) is 5.92 Å². The van der Waals surface area contributed by atoms with E-state index in [2.05, 4.69) is 13.8 Å². The van der Waals surface area contributed by atoms with Gasteiger partial charge >= 0.3 is 5.97 Å². The molecule has 2 N–H and O–H groups in total. The average Bonchev–Trinajstić information content (AvgIpc) is 2.00. The zero-order valence-electron chi connectivity index (χ0n) is 9.94. The van der Waals surface area contributed by atoms with E-state index in [4.69, 9.17) is 5.11 Å². The SMILES string of the molecule is CC(C)CCCN(C)CC(O)CC(=O)O. The average molecular weight is 217 g/mol. The number of likely N-dealkylation sites (N-methyl/N-ethyl adjacent to an activating group) is 1. The molecule has 0 amide bonds. The fourth-order valence-corrected chi connectivity index (χ4v) is 1.49. The lowest BCUT2D eigenvalue weighted by Gasteiger charge is -2.19. The van der Waals surface area contributed by atoms with Crippen LogP contribution >= 0.6 is 0 Å². The third kappa shape index (κ3) is 9.69. The minimum atomic E-state index is -0.946. The molecule has 0 saturated heterocycles. The summed E-state index contributed by atoms with van der Waals surface area (Å²) in [5.41, 5.74) is 0. The van der Waals surface area contributed by atoms with Crippen molar-refractivity contribution < 1.29 is 15.0 Å². The smallest absolute Gasteiger partial charge is 0.306 e. The van der Waals surface area contributed by atoms with Crippen molar-refractivity contribution in [2.45, 2.75) is 39.2 Å². The Morgan fingerprint density at radius 1 is 1.40 bits per heavy atom. The van der Waals surface area contributed by atoms with Crippen LogP contribution in [0.4, 0.5) is 0 Å². The summed E-state index contributed by atoms with van der Waals surface area (Å²) in [7, 11) is 1.91. The quantitative estimate of drug-likeness (QED) is 0.641. The van der Waals surface area contributed by atoms with E-state index in [0.717, 1.165) is 13.0 Å². The van der Waals surface area contributed by atoms with Crippen molar-refractivity contribution in [1.82, 2.24) is 4.90 Å². The maximum absolute atomic E-state index is 10.3. The number of nitrogens with zero attached hydrogens (tertiary/aromatic N) is 1. The van der Waals surface area contributed by atoms with Crippen LogP contribution in [0.2, 0.25) is 0 Å². The molecule has 1 unspecified atom stereocenters. The monoisotopic (exact) mass is 217 g/mol. The fraction of sp³-hybridized carbons (Fsp3) is 0.909. The van der Waals surface area contributed by atoms with E-state index in [0.29, 0.717) is 12.5 Å². The Kier molecular flexibility index (Phi) is 7.34. The molecular formula is C11H23NO3. The van der Waals surface area contributed by atoms with Gasteiger partial charge in [0.1, 0.15) is 0 Å². The summed E-state index contributed by atoms with van der Waals surface area (Å²) in [6.45, 7) is 5.71. The molecule has 0 aromatic heterocycles. The molecule has 0 rings (SSSR count). The van der Waals surface area contributed by atoms with Crippen LogP contribution in [0.25, 0.3) is 0 Å². The lowest BCUT2D eigenvalue weighted by Crippen LogP contribution is -2.31. The molecule has 4 heteroatoms. The number of hydrogen-bond donors (Lipinski definition) is 2. The van der Waals surface area contributed by atoms with Crippen molar-refractivity contribution in [2.75, 3.05) is 20.1 Å². The molecule has 0 aliphatic heterocycles. The summed E-state index contributed by atoms with van der Waals surface area (Å²) in [5.74, 6) is -0.250. The Bertz CT molecular complexity index is 183. The molecule has 1 atom stereocenters. The van der Waals surface area contributed by atoms with Gasteiger partial charge in [0.25, 0.3) is 0 Å². The van der Waals surface area contributed by atoms with Gasteiger partial charge in [0.05, 0.1) is 12.5 Å². The third-order valence-corrected chi connectivity index (χ3v) is 2.25. The number of aliphatic carboxylic acids is 1. The highest BCUT2D eigenvalue weighted by molar-refractivity contribution is 5.67. The molecular weight excluding hydrogens is 194 g/mol. The van der Waals surface area contributed by atoms with Crippen molar-refractivity contribution in [3.8, 4) is 0 Å². The van der Waals surface area contributed by atoms with Gasteiger partial charge in [-0.25, -0.2) is 0 Å². The number of rotatable bonds is 8. The summed E-state index contributed by atoms with van der Waals surface area (Å²) in [6.07, 6.45) is 1.33. The normalized spacial score (nSPS) is 13.5. The second-order valence-electron chi connectivity index (χ2n) is 4.55. The van der Waals surface area contributed by atoms with Crippen LogP contribution in [0.3, 0.4) is 0 Å². The zero-order valence-corrected chi connectivity index (χ0v) is 9.94. The summed E-state index contributed by atoms with van der Waals surface area (Å²) >= 11 is 0. The fourth-order valence-electron chi connectivity index (χ4n) is 1.49. The van der Waals surface area contributed by atoms with Crippen LogP contribution < -0.4 is 0 Å². The van der Waals surface area contributed by atoms with Gasteiger partial charge in [0.2, 0.25) is 0 Å². The second kappa shape index (κ2) is 7.65. The van der Waals surface area contributed by atoms with Crippen molar-refractivity contribution in [3.05, 3.63) is 0 Å². The topological polar surface area (TPSA) is 60.8 Å². The summed E-state index contributed by atoms with van der Waals surface area (Å²) in [6, 6.07) is 0. The number of carbonyl (C=O) groups is 1. The van der Waals surface area contributed by atoms with Gasteiger partial charge < -0.3 is 15.1 Å². The molecule has 4 nitrogen and oxygen atoms in total. The van der Waals surface area contributed by atoms with Crippen molar-refractivity contribution >= 4 is 5.97 Å². The first-order valence-corrected chi connectivity index (χ1v) is 5.50. The number of carboxylic acid groups (broad SMARTS) is 1. The van der Waals surface area contributed by atoms with E-state index in [9.17, 15) is 9.90 Å². The summed E-state index contributed by atoms with van der Waals surface area (Å²) < 4.78 is 0. The van der Waals surface area contributed by atoms with Gasteiger partial charge in [-0.2, -0.15) is 0 Å². The van der Waals surface area contributed by atoms with Crippen LogP contribution in [-0.2, 0) is 4.79 Å². The Hall–Kier alpha value is -0.610. The highest BCUT2D eigenvalue weighted by Gasteiger charge is 2.11. The van der Waals surface area contributed by atoms with Gasteiger partial charge in [-0.3, -0.25) is 4.79 Å². The molecule has 0 aromatic carbocycles. The van der Waals surface area contributed by atoms with Gasteiger partial charge in [0, 0.05) is 6.54 Å². The van der Waals surface area contributed by atoms with E-state index in [1.165, 1.54) is 6.42 Å².